The summed E-state index contributed by atoms with van der Waals surface area (Å²) < 4.78 is 13.0. The molecule has 0 aliphatic carbocycles. The van der Waals surface area contributed by atoms with Crippen LogP contribution in [0.25, 0.3) is 22.6 Å². The number of nitrogens with one attached hydrogen (secondary N) is 2. The number of aliphatic hydroxyl groups is 1. The second kappa shape index (κ2) is 10.2. The van der Waals surface area contributed by atoms with Gasteiger partial charge < -0.3 is 25.0 Å². The quantitative estimate of drug-likeness (QED) is 0.332. The lowest BCUT2D eigenvalue weighted by atomic mass is 10.1. The van der Waals surface area contributed by atoms with Gasteiger partial charge in [0, 0.05) is 25.2 Å². The average molecular weight is 478 g/mol. The number of nitrogens with zero attached hydrogens (tertiary/aromatic N) is 5. The Morgan fingerprint density at radius 2 is 1.91 bits per heavy atom. The zero-order valence-electron chi connectivity index (χ0n) is 20.9. The molecule has 1 unspecified atom stereocenters. The van der Waals surface area contributed by atoms with Crippen molar-refractivity contribution < 1.29 is 14.4 Å². The molecule has 0 bridgehead atoms. The summed E-state index contributed by atoms with van der Waals surface area (Å²) in [5, 5.41) is 24.9. The predicted molar refractivity (Wildman–Crippen MR) is 134 cm³/mol. The number of hydrogen-bond donors (Lipinski definition) is 3. The molecular formula is C25H31N7O3. The van der Waals surface area contributed by atoms with Crippen molar-refractivity contribution in [2.24, 2.45) is 7.05 Å². The predicted octanol–water partition coefficient (Wildman–Crippen LogP) is 3.47. The van der Waals surface area contributed by atoms with Crippen molar-refractivity contribution in [3.05, 3.63) is 53.2 Å². The van der Waals surface area contributed by atoms with Gasteiger partial charge in [0.25, 0.3) is 0 Å². The first-order valence-corrected chi connectivity index (χ1v) is 11.4. The van der Waals surface area contributed by atoms with E-state index >= 15 is 0 Å². The molecule has 0 fully saturated rings. The van der Waals surface area contributed by atoms with Crippen LogP contribution in [0.3, 0.4) is 0 Å². The molecule has 184 valence electrons. The Bertz CT molecular complexity index is 1310. The van der Waals surface area contributed by atoms with Crippen LogP contribution in [0.4, 0.5) is 11.5 Å². The molecule has 10 heteroatoms. The summed E-state index contributed by atoms with van der Waals surface area (Å²) in [5.41, 5.74) is 5.83. The van der Waals surface area contributed by atoms with E-state index in [0.29, 0.717) is 35.4 Å². The summed E-state index contributed by atoms with van der Waals surface area (Å²) in [6.07, 6.45) is -0.607. The van der Waals surface area contributed by atoms with E-state index in [4.69, 9.17) is 19.2 Å². The molecule has 4 rings (SSSR count). The number of rotatable bonds is 9. The van der Waals surface area contributed by atoms with E-state index in [9.17, 15) is 5.11 Å². The van der Waals surface area contributed by atoms with Crippen LogP contribution >= 0.6 is 0 Å². The van der Waals surface area contributed by atoms with E-state index in [2.05, 4.69) is 20.9 Å². The molecule has 0 saturated carbocycles. The maximum absolute atomic E-state index is 9.97. The molecule has 0 saturated heterocycles. The van der Waals surface area contributed by atoms with Gasteiger partial charge in [-0.25, -0.2) is 9.97 Å². The second-order valence-electron chi connectivity index (χ2n) is 8.51. The summed E-state index contributed by atoms with van der Waals surface area (Å²) in [6, 6.07) is 9.39. The number of aryl methyl sites for hydroxylation is 4. The molecule has 4 aromatic rings. The number of likely N-dealkylation sites (N-methyl/N-ethyl adjacent to an activating group) is 1. The number of anilines is 2. The molecule has 0 amide bonds. The molecule has 3 heterocycles. The molecule has 1 aromatic carbocycles. The molecular weight excluding hydrogens is 446 g/mol. The third kappa shape index (κ3) is 5.33. The first-order chi connectivity index (χ1) is 16.8. The minimum Gasteiger partial charge on any atom is -0.491 e. The van der Waals surface area contributed by atoms with Crippen molar-refractivity contribution in [1.82, 2.24) is 30.2 Å². The standard InChI is InChI=1S/C25H31N7O3/c1-14-23(17(4)35-31-14)21-11-22(28-24-15(2)30-32(6)16(24)3)29-25(27-21)18-8-7-9-20(10-18)34-13-19(33)12-26-5/h7-11,19,26,33H,12-13H2,1-6H3,(H,27,28,29). The van der Waals surface area contributed by atoms with E-state index in [-0.39, 0.29) is 6.61 Å². The van der Waals surface area contributed by atoms with Gasteiger partial charge in [0.05, 0.1) is 34.0 Å². The SMILES string of the molecule is CNCC(O)COc1cccc(-c2nc(Nc3c(C)nn(C)c3C)cc(-c3c(C)noc3C)n2)c1. The van der Waals surface area contributed by atoms with Gasteiger partial charge in [-0.1, -0.05) is 17.3 Å². The zero-order chi connectivity index (χ0) is 25.1. The molecule has 1 atom stereocenters. The van der Waals surface area contributed by atoms with Crippen LogP contribution in [0, 0.1) is 27.7 Å². The lowest BCUT2D eigenvalue weighted by molar-refractivity contribution is 0.108. The Morgan fingerprint density at radius 3 is 2.57 bits per heavy atom. The van der Waals surface area contributed by atoms with Crippen LogP contribution in [0.15, 0.2) is 34.9 Å². The zero-order valence-corrected chi connectivity index (χ0v) is 20.9. The summed E-state index contributed by atoms with van der Waals surface area (Å²) in [5.74, 6) is 2.45. The molecule has 0 aliphatic rings. The summed E-state index contributed by atoms with van der Waals surface area (Å²) in [4.78, 5) is 9.64. The van der Waals surface area contributed by atoms with Gasteiger partial charge in [-0.2, -0.15) is 5.10 Å². The number of ether oxygens (including phenoxy) is 1. The first-order valence-electron chi connectivity index (χ1n) is 11.4. The normalized spacial score (nSPS) is 12.1. The van der Waals surface area contributed by atoms with E-state index in [1.807, 2.05) is 69.8 Å². The van der Waals surface area contributed by atoms with Gasteiger partial charge in [-0.3, -0.25) is 4.68 Å². The van der Waals surface area contributed by atoms with Crippen LogP contribution < -0.4 is 15.4 Å². The monoisotopic (exact) mass is 477 g/mol. The van der Waals surface area contributed by atoms with E-state index < -0.39 is 6.10 Å². The van der Waals surface area contributed by atoms with E-state index in [1.165, 1.54) is 0 Å². The van der Waals surface area contributed by atoms with Crippen LogP contribution in [-0.4, -0.2) is 56.3 Å². The van der Waals surface area contributed by atoms with E-state index in [0.717, 1.165) is 33.9 Å². The van der Waals surface area contributed by atoms with Crippen LogP contribution in [0.1, 0.15) is 22.8 Å². The van der Waals surface area contributed by atoms with Gasteiger partial charge in [0.2, 0.25) is 0 Å². The Morgan fingerprint density at radius 1 is 1.11 bits per heavy atom. The fraction of sp³-hybridized carbons (Fsp3) is 0.360. The Hall–Kier alpha value is -3.76. The van der Waals surface area contributed by atoms with Crippen LogP contribution in [0.5, 0.6) is 5.75 Å². The van der Waals surface area contributed by atoms with Crippen LogP contribution in [-0.2, 0) is 7.05 Å². The van der Waals surface area contributed by atoms with Gasteiger partial charge in [-0.15, -0.1) is 0 Å². The summed E-state index contributed by atoms with van der Waals surface area (Å²) >= 11 is 0. The molecule has 3 N–H and O–H groups in total. The third-order valence-electron chi connectivity index (χ3n) is 5.75. The highest BCUT2D eigenvalue weighted by atomic mass is 16.5. The number of aromatic nitrogens is 5. The molecule has 0 radical (unpaired) electrons. The minimum absolute atomic E-state index is 0.177. The van der Waals surface area contributed by atoms with Gasteiger partial charge in [0.1, 0.15) is 30.0 Å². The lowest BCUT2D eigenvalue weighted by Gasteiger charge is -2.13. The third-order valence-corrected chi connectivity index (χ3v) is 5.75. The maximum atomic E-state index is 9.97. The molecule has 3 aromatic heterocycles. The molecule has 35 heavy (non-hydrogen) atoms. The first kappa shape index (κ1) is 24.4. The van der Waals surface area contributed by atoms with Crippen molar-refractivity contribution in [2.45, 2.75) is 33.8 Å². The second-order valence-corrected chi connectivity index (χ2v) is 8.51. The average Bonchev–Trinajstić information content (AvgIpc) is 3.29. The topological polar surface area (TPSA) is 123 Å². The lowest BCUT2D eigenvalue weighted by Crippen LogP contribution is -2.29. The number of hydrogen-bond acceptors (Lipinski definition) is 9. The fourth-order valence-corrected chi connectivity index (χ4v) is 3.91. The smallest absolute Gasteiger partial charge is 0.162 e. The minimum atomic E-state index is -0.607. The van der Waals surface area contributed by atoms with Gasteiger partial charge in [-0.05, 0) is 46.9 Å². The van der Waals surface area contributed by atoms with E-state index in [1.54, 1.807) is 7.05 Å². The number of benzene rings is 1. The maximum Gasteiger partial charge on any atom is 0.162 e. The highest BCUT2D eigenvalue weighted by molar-refractivity contribution is 5.73. The van der Waals surface area contributed by atoms with Crippen LogP contribution in [0.2, 0.25) is 0 Å². The molecule has 0 aliphatic heterocycles. The molecule has 0 spiro atoms. The Kier molecular flexibility index (Phi) is 7.13. The van der Waals surface area contributed by atoms with Crippen molar-refractivity contribution in [1.29, 1.82) is 0 Å². The highest BCUT2D eigenvalue weighted by Gasteiger charge is 2.18. The van der Waals surface area contributed by atoms with Crippen molar-refractivity contribution in [3.63, 3.8) is 0 Å². The highest BCUT2D eigenvalue weighted by Crippen LogP contribution is 2.32. The fourth-order valence-electron chi connectivity index (χ4n) is 3.91. The molecule has 10 nitrogen and oxygen atoms in total. The van der Waals surface area contributed by atoms with Crippen molar-refractivity contribution in [2.75, 3.05) is 25.5 Å². The van der Waals surface area contributed by atoms with Crippen molar-refractivity contribution >= 4 is 11.5 Å². The Labute approximate surface area is 204 Å². The van der Waals surface area contributed by atoms with Crippen molar-refractivity contribution in [3.8, 4) is 28.4 Å². The largest absolute Gasteiger partial charge is 0.491 e. The van der Waals surface area contributed by atoms with Gasteiger partial charge >= 0.3 is 0 Å². The summed E-state index contributed by atoms with van der Waals surface area (Å²) in [6.45, 7) is 8.34. The Balaban J connectivity index is 1.75. The summed E-state index contributed by atoms with van der Waals surface area (Å²) in [7, 11) is 3.69. The van der Waals surface area contributed by atoms with Gasteiger partial charge in [0.15, 0.2) is 5.82 Å². The number of aliphatic hydroxyl groups excluding tert-OH is 1.